The number of ketones is 3. The van der Waals surface area contributed by atoms with Crippen molar-refractivity contribution in [3.05, 3.63) is 203 Å². The molecule has 8 heterocycles. The molecule has 650 valence electrons. The summed E-state index contributed by atoms with van der Waals surface area (Å²) in [5.41, 5.74) is 13.3. The van der Waals surface area contributed by atoms with E-state index in [0.717, 1.165) is 163 Å². The minimum atomic E-state index is -0.577. The fraction of sp³-hybridized carbons (Fsp3) is 0.598. The van der Waals surface area contributed by atoms with Crippen molar-refractivity contribution in [2.24, 2.45) is 67.5 Å². The number of allylic oxidation sites excluding steroid dienone is 1. The van der Waals surface area contributed by atoms with Crippen LogP contribution in [0.5, 0.6) is 0 Å². The van der Waals surface area contributed by atoms with Crippen LogP contribution in [0.25, 0.3) is 22.7 Å². The zero-order valence-electron chi connectivity index (χ0n) is 74.9. The molecule has 0 unspecified atom stereocenters. The van der Waals surface area contributed by atoms with Crippen molar-refractivity contribution in [2.75, 3.05) is 52.9 Å². The number of ether oxygens (including phenoxy) is 8. The maximum absolute atomic E-state index is 13.6. The van der Waals surface area contributed by atoms with Crippen LogP contribution in [-0.4, -0.2) is 138 Å². The van der Waals surface area contributed by atoms with Crippen molar-refractivity contribution >= 4 is 17.3 Å². The molecule has 0 radical (unpaired) electrons. The first-order valence-corrected chi connectivity index (χ1v) is 45.8. The van der Waals surface area contributed by atoms with E-state index in [9.17, 15) is 19.5 Å². The summed E-state index contributed by atoms with van der Waals surface area (Å²) in [6, 6.07) is 41.2. The number of hydrogen-bond donors (Lipinski definition) is 1. The minimum Gasteiger partial charge on any atom is -0.515 e. The number of carbonyl (C=O) groups is 3. The highest BCUT2D eigenvalue weighted by molar-refractivity contribution is 6.03. The lowest BCUT2D eigenvalue weighted by Crippen LogP contribution is -2.62. The molecule has 122 heavy (non-hydrogen) atoms. The summed E-state index contributed by atoms with van der Waals surface area (Å²) in [5, 5.41) is 29.0. The van der Waals surface area contributed by atoms with Gasteiger partial charge < -0.3 is 43.0 Å². The Morgan fingerprint density at radius 1 is 0.352 bits per heavy atom. The van der Waals surface area contributed by atoms with E-state index < -0.39 is 34.0 Å². The lowest BCUT2D eigenvalue weighted by molar-refractivity contribution is -0.281. The first-order chi connectivity index (χ1) is 58.1. The molecule has 4 aromatic heterocycles. The van der Waals surface area contributed by atoms with E-state index in [2.05, 4.69) is 203 Å². The van der Waals surface area contributed by atoms with Crippen molar-refractivity contribution in [1.82, 2.24) is 39.1 Å². The third kappa shape index (κ3) is 13.1. The third-order valence-corrected chi connectivity index (χ3v) is 34.5. The summed E-state index contributed by atoms with van der Waals surface area (Å²) in [4.78, 5) is 38.7. The Labute approximate surface area is 721 Å². The molecular weight excluding hydrogens is 1530 g/mol. The first-order valence-electron chi connectivity index (χ1n) is 45.8. The number of nitrogens with zero attached hydrogens (tertiary/aromatic N) is 8. The standard InChI is InChI=1S/C22H26N2O3.2C22H28N2O2.C20H24N2O.C16H24O4/c1-20(2)18-13-17-16(14-23-24(17)15-7-5-4-6-8-15)19(25)21(18,3)9-10-22(20)26-11-12-27-22;2*1-20(2)18-10-9-16-15-24(17-7-5-4-6-8-17)23-19(16)21(18,3)11-12-22(20)25-13-14-26-22;1-19(2)16-10-9-14-13-22(15-7-5-4-6-8-15)21-18(14)20(16,3)12-11-17(19)23;1-14(2)12-5-4-11(10-17)13(18)15(12,3)6-7-16(14)19-8-9-20-16/h4-8,14,18H,9-13H2,1-3H3;2*4-8,15,18H,9-14H2,1-3H3;4-8,13,16H,9-12H2,1-3H3;10,12,17H,4-9H2,1-3H3/b;;;;11-10+/t3*18-,21-;16-,20-;12-,15-/m00000/s1. The number of rotatable bonds is 4. The molecule has 20 nitrogen and oxygen atoms in total. The number of aryl methyl sites for hydroxylation is 3. The van der Waals surface area contributed by atoms with Gasteiger partial charge >= 0.3 is 0 Å². The number of aliphatic hydroxyl groups is 1. The molecule has 4 saturated heterocycles. The Bertz CT molecular complexity index is 5110. The number of benzene rings is 4. The van der Waals surface area contributed by atoms with Crippen molar-refractivity contribution in [1.29, 1.82) is 0 Å². The molecule has 0 bridgehead atoms. The normalized spacial score (nSPS) is 32.5. The van der Waals surface area contributed by atoms with Gasteiger partial charge in [0.1, 0.15) is 5.78 Å². The zero-order valence-corrected chi connectivity index (χ0v) is 74.9. The molecule has 1 N–H and O–H groups in total. The summed E-state index contributed by atoms with van der Waals surface area (Å²) in [6.07, 6.45) is 27.1. The average Bonchev–Trinajstić information content (AvgIpc) is 1.51. The molecule has 10 atom stereocenters. The number of aromatic nitrogens is 8. The SMILES string of the molecule is CC1(C)C(=O)CC[C@]2(C)c3nn(-c4ccccc4)cc3CC[C@@H]12.CC1(C)[C@@H]2CC/C(=C\O)C(=O)[C@@]2(C)CCC12OCCO2.CC1(C)[C@@H]2CCc3cn(-c4ccccc4)nc3[C@@]2(C)CCC12OCCO2.CC1(C)[C@@H]2CCc3cn(-c4ccccc4)nc3[C@@]2(C)CCC12OCCO2.CC1(C)[C@@H]2Cc3c(cnn3-c3ccccc3)C(=O)[C@@]2(C)CCC12OCCO2. The second-order valence-corrected chi connectivity index (χ2v) is 42.0. The summed E-state index contributed by atoms with van der Waals surface area (Å²) in [5.74, 6) is 0.594. The van der Waals surface area contributed by atoms with Gasteiger partial charge in [-0.25, -0.2) is 18.7 Å². The van der Waals surface area contributed by atoms with Crippen LogP contribution in [0.3, 0.4) is 0 Å². The quantitative estimate of drug-likeness (QED) is 0.128. The highest BCUT2D eigenvalue weighted by Crippen LogP contribution is 2.68. The van der Waals surface area contributed by atoms with Gasteiger partial charge in [-0.1, -0.05) is 177 Å². The van der Waals surface area contributed by atoms with E-state index in [1.807, 2.05) is 64.8 Å². The molecule has 10 fully saturated rings. The Morgan fingerprint density at radius 3 is 1.03 bits per heavy atom. The van der Waals surface area contributed by atoms with E-state index in [-0.39, 0.29) is 66.7 Å². The van der Waals surface area contributed by atoms with Gasteiger partial charge in [0, 0.05) is 110 Å². The van der Waals surface area contributed by atoms with Crippen LogP contribution in [0.2, 0.25) is 0 Å². The van der Waals surface area contributed by atoms with Crippen molar-refractivity contribution in [3.63, 3.8) is 0 Å². The summed E-state index contributed by atoms with van der Waals surface area (Å²) >= 11 is 0. The first kappa shape index (κ1) is 84.8. The lowest BCUT2D eigenvalue weighted by Gasteiger charge is -2.59. The molecule has 10 aliphatic carbocycles. The molecule has 0 amide bonds. The van der Waals surface area contributed by atoms with Gasteiger partial charge in [-0.05, 0) is 185 Å². The Morgan fingerprint density at radius 2 is 0.664 bits per heavy atom. The van der Waals surface area contributed by atoms with E-state index in [1.54, 1.807) is 6.20 Å². The average molecular weight is 1660 g/mol. The molecule has 22 rings (SSSR count). The summed E-state index contributed by atoms with van der Waals surface area (Å²) in [6.45, 7) is 39.2. The van der Waals surface area contributed by atoms with E-state index in [0.29, 0.717) is 68.4 Å². The maximum atomic E-state index is 13.6. The van der Waals surface area contributed by atoms with Gasteiger partial charge in [0.25, 0.3) is 0 Å². The summed E-state index contributed by atoms with van der Waals surface area (Å²) < 4.78 is 57.2. The Balaban J connectivity index is 0.000000105. The van der Waals surface area contributed by atoms with E-state index >= 15 is 0 Å². The predicted molar refractivity (Wildman–Crippen MR) is 467 cm³/mol. The predicted octanol–water partition coefficient (Wildman–Crippen LogP) is 19.4. The number of fused-ring (bicyclic) bond motifs is 12. The van der Waals surface area contributed by atoms with Crippen LogP contribution < -0.4 is 0 Å². The monoisotopic (exact) mass is 1660 g/mol. The topological polar surface area (TPSA) is 217 Å². The number of para-hydroxylation sites is 4. The molecule has 20 heteroatoms. The van der Waals surface area contributed by atoms with Gasteiger partial charge in [-0.2, -0.15) is 20.4 Å². The van der Waals surface area contributed by atoms with Crippen LogP contribution in [0.1, 0.15) is 250 Å². The van der Waals surface area contributed by atoms with Crippen molar-refractivity contribution in [3.8, 4) is 22.7 Å². The Kier molecular flexibility index (Phi) is 21.3. The highest BCUT2D eigenvalue weighted by atomic mass is 16.8. The summed E-state index contributed by atoms with van der Waals surface area (Å²) in [7, 11) is 0. The van der Waals surface area contributed by atoms with Crippen LogP contribution in [-0.2, 0) is 89.4 Å². The van der Waals surface area contributed by atoms with Gasteiger partial charge in [-0.3, -0.25) is 14.4 Å². The van der Waals surface area contributed by atoms with E-state index in [1.165, 1.54) is 46.6 Å². The molecule has 6 saturated carbocycles. The molecule has 4 spiro atoms. The number of aliphatic hydroxyl groups excluding tert-OH is 1. The van der Waals surface area contributed by atoms with Gasteiger partial charge in [-0.15, -0.1) is 0 Å². The fourth-order valence-corrected chi connectivity index (χ4v) is 27.5. The molecule has 8 aromatic rings. The van der Waals surface area contributed by atoms with Crippen molar-refractivity contribution in [2.45, 2.75) is 265 Å². The van der Waals surface area contributed by atoms with Crippen molar-refractivity contribution < 1.29 is 57.4 Å². The molecule has 14 aliphatic rings. The maximum Gasteiger partial charge on any atom is 0.173 e. The second-order valence-electron chi connectivity index (χ2n) is 42.0. The lowest BCUT2D eigenvalue weighted by atomic mass is 9.48. The van der Waals surface area contributed by atoms with Gasteiger partial charge in [0.05, 0.1) is 116 Å². The molecule has 4 aromatic carbocycles. The zero-order chi connectivity index (χ0) is 85.7. The van der Waals surface area contributed by atoms with Crippen LogP contribution in [0.4, 0.5) is 0 Å². The smallest absolute Gasteiger partial charge is 0.173 e. The highest BCUT2D eigenvalue weighted by Gasteiger charge is 2.70. The minimum absolute atomic E-state index is 0.0189. The van der Waals surface area contributed by atoms with Gasteiger partial charge in [0.2, 0.25) is 0 Å². The number of Topliss-reactive ketones (excluding diaryl/α,β-unsaturated/α-hetero) is 3. The largest absolute Gasteiger partial charge is 0.515 e. The van der Waals surface area contributed by atoms with E-state index in [4.69, 9.17) is 53.2 Å². The number of hydrogen-bond acceptors (Lipinski definition) is 16. The van der Waals surface area contributed by atoms with Gasteiger partial charge in [0.15, 0.2) is 34.7 Å². The van der Waals surface area contributed by atoms with Crippen LogP contribution in [0, 0.1) is 67.5 Å². The Hall–Kier alpha value is -8.05. The molecule has 4 aliphatic heterocycles. The molecular formula is C102H130N8O12. The van der Waals surface area contributed by atoms with Crippen LogP contribution in [0.15, 0.2) is 158 Å². The van der Waals surface area contributed by atoms with Crippen LogP contribution >= 0.6 is 0 Å². The number of carbonyl (C=O) groups excluding carboxylic acids is 3. The fourth-order valence-electron chi connectivity index (χ4n) is 27.5. The third-order valence-electron chi connectivity index (χ3n) is 34.5. The second kappa shape index (κ2) is 30.6.